The Morgan fingerprint density at radius 1 is 0.848 bits per heavy atom. The molecule has 1 unspecified atom stereocenters. The van der Waals surface area contributed by atoms with E-state index in [1.165, 1.54) is 5.56 Å². The van der Waals surface area contributed by atoms with E-state index < -0.39 is 5.72 Å². The van der Waals surface area contributed by atoms with Crippen LogP contribution in [0.2, 0.25) is 0 Å². The first-order chi connectivity index (χ1) is 16.1. The maximum absolute atomic E-state index is 12.1. The average molecular weight is 444 g/mol. The van der Waals surface area contributed by atoms with Gasteiger partial charge in [0.15, 0.2) is 18.0 Å². The van der Waals surface area contributed by atoms with Crippen LogP contribution in [0.3, 0.4) is 0 Å². The van der Waals surface area contributed by atoms with Gasteiger partial charge in [-0.3, -0.25) is 0 Å². The summed E-state index contributed by atoms with van der Waals surface area (Å²) >= 11 is 0. The molecule has 1 atom stereocenters. The number of methoxy groups -OCH3 is 2. The minimum atomic E-state index is -1.10. The van der Waals surface area contributed by atoms with E-state index in [0.29, 0.717) is 6.54 Å². The van der Waals surface area contributed by atoms with Gasteiger partial charge in [0, 0.05) is 18.1 Å². The molecule has 2 aliphatic rings. The lowest BCUT2D eigenvalue weighted by atomic mass is 9.98. The molecule has 5 heteroatoms. The Hall–Kier alpha value is -3.31. The highest BCUT2D eigenvalue weighted by atomic mass is 16.5. The number of rotatable bonds is 5. The maximum Gasteiger partial charge on any atom is 0.271 e. The summed E-state index contributed by atoms with van der Waals surface area (Å²) in [6, 6.07) is 24.6. The molecule has 2 aliphatic heterocycles. The van der Waals surface area contributed by atoms with Crippen molar-refractivity contribution < 1.29 is 19.2 Å². The molecule has 3 aromatic carbocycles. The maximum atomic E-state index is 12.1. The minimum absolute atomic E-state index is 0.454. The lowest BCUT2D eigenvalue weighted by Crippen LogP contribution is -2.41. The van der Waals surface area contributed by atoms with Gasteiger partial charge in [-0.15, -0.1) is 0 Å². The zero-order valence-corrected chi connectivity index (χ0v) is 19.3. The predicted octanol–water partition coefficient (Wildman–Crippen LogP) is 5.02. The lowest BCUT2D eigenvalue weighted by Gasteiger charge is -2.24. The van der Waals surface area contributed by atoms with Crippen molar-refractivity contribution in [3.63, 3.8) is 0 Å². The summed E-state index contributed by atoms with van der Waals surface area (Å²) in [4.78, 5) is 2.23. The van der Waals surface area contributed by atoms with Gasteiger partial charge in [-0.05, 0) is 42.5 Å². The Kier molecular flexibility index (Phi) is 5.81. The molecule has 0 aromatic heterocycles. The van der Waals surface area contributed by atoms with E-state index in [2.05, 4.69) is 45.9 Å². The van der Waals surface area contributed by atoms with Crippen LogP contribution in [-0.4, -0.2) is 42.8 Å². The van der Waals surface area contributed by atoms with Crippen molar-refractivity contribution in [2.24, 2.45) is 0 Å². The van der Waals surface area contributed by atoms with Gasteiger partial charge in [-0.25, -0.2) is 9.48 Å². The Morgan fingerprint density at radius 2 is 1.61 bits per heavy atom. The molecule has 1 N–H and O–H groups in total. The molecule has 0 saturated heterocycles. The van der Waals surface area contributed by atoms with Crippen LogP contribution in [0.25, 0.3) is 11.1 Å². The second-order valence-corrected chi connectivity index (χ2v) is 8.76. The van der Waals surface area contributed by atoms with E-state index in [1.807, 2.05) is 36.4 Å². The number of hydrogen-bond donors (Lipinski definition) is 1. The first kappa shape index (κ1) is 21.5. The molecule has 0 aliphatic carbocycles. The largest absolute Gasteiger partial charge is 0.497 e. The van der Waals surface area contributed by atoms with Crippen molar-refractivity contribution in [1.82, 2.24) is 0 Å². The molecular weight excluding hydrogens is 412 g/mol. The summed E-state index contributed by atoms with van der Waals surface area (Å²) in [7, 11) is 3.34. The summed E-state index contributed by atoms with van der Waals surface area (Å²) in [5.74, 6) is 2.66. The van der Waals surface area contributed by atoms with Gasteiger partial charge < -0.3 is 14.6 Å². The third-order valence-corrected chi connectivity index (χ3v) is 6.86. The highest BCUT2D eigenvalue weighted by Gasteiger charge is 2.52. The summed E-state index contributed by atoms with van der Waals surface area (Å²) in [6.45, 7) is 1.29. The van der Waals surface area contributed by atoms with Crippen LogP contribution in [0.1, 0.15) is 31.2 Å². The summed E-state index contributed by atoms with van der Waals surface area (Å²) in [5, 5.41) is 12.1. The monoisotopic (exact) mass is 443 g/mol. The molecule has 0 amide bonds. The Balaban J connectivity index is 1.55. The van der Waals surface area contributed by atoms with Crippen molar-refractivity contribution in [3.8, 4) is 22.6 Å². The van der Waals surface area contributed by atoms with Crippen LogP contribution < -0.4 is 14.4 Å². The van der Waals surface area contributed by atoms with Gasteiger partial charge in [-0.2, -0.15) is 0 Å². The third kappa shape index (κ3) is 3.87. The Morgan fingerprint density at radius 3 is 2.33 bits per heavy atom. The highest BCUT2D eigenvalue weighted by Crippen LogP contribution is 2.40. The van der Waals surface area contributed by atoms with Crippen LogP contribution in [0, 0.1) is 0 Å². The van der Waals surface area contributed by atoms with Gasteiger partial charge in [0.05, 0.1) is 20.8 Å². The Bertz CT molecular complexity index is 1160. The molecule has 3 aromatic rings. The number of benzene rings is 3. The van der Waals surface area contributed by atoms with Crippen LogP contribution in [-0.2, 0) is 5.72 Å². The van der Waals surface area contributed by atoms with Gasteiger partial charge in [0.25, 0.3) is 11.6 Å². The van der Waals surface area contributed by atoms with E-state index in [4.69, 9.17) is 9.47 Å². The molecule has 0 fully saturated rings. The number of nitrogens with zero attached hydrogens (tertiary/aromatic N) is 2. The van der Waals surface area contributed by atoms with Crippen molar-refractivity contribution in [3.05, 3.63) is 78.4 Å². The first-order valence-electron chi connectivity index (χ1n) is 11.7. The number of anilines is 1. The highest BCUT2D eigenvalue weighted by molar-refractivity contribution is 5.97. The second kappa shape index (κ2) is 8.91. The smallest absolute Gasteiger partial charge is 0.271 e. The molecule has 5 rings (SSSR count). The standard InChI is InChI=1S/C28H31N2O3/c1-32-24-16-17-25(26(19-24)33-2)29-20-28(31,30-18-8-4-7-11-27(29)30)23-14-12-22(13-15-23)21-9-5-3-6-10-21/h3,5-6,9-10,12-17,19,31H,4,7-8,11,18,20H2,1-2H3/q+1. The fraction of sp³-hybridized carbons (Fsp3) is 0.321. The molecule has 2 heterocycles. The van der Waals surface area contributed by atoms with Gasteiger partial charge >= 0.3 is 0 Å². The van der Waals surface area contributed by atoms with Gasteiger partial charge in [0.2, 0.25) is 0 Å². The Labute approximate surface area is 195 Å². The van der Waals surface area contributed by atoms with E-state index in [1.54, 1.807) is 14.2 Å². The van der Waals surface area contributed by atoms with Crippen molar-refractivity contribution >= 4 is 11.5 Å². The van der Waals surface area contributed by atoms with E-state index in [9.17, 15) is 5.11 Å². The zero-order chi connectivity index (χ0) is 22.8. The van der Waals surface area contributed by atoms with Crippen molar-refractivity contribution in [2.75, 3.05) is 32.2 Å². The quantitative estimate of drug-likeness (QED) is 0.563. The molecule has 33 heavy (non-hydrogen) atoms. The molecule has 0 radical (unpaired) electrons. The van der Waals surface area contributed by atoms with E-state index in [-0.39, 0.29) is 0 Å². The van der Waals surface area contributed by atoms with Crippen LogP contribution in [0.4, 0.5) is 5.69 Å². The average Bonchev–Trinajstić information content (AvgIpc) is 3.01. The molecule has 170 valence electrons. The number of β-amino-alcohol motifs (C(OH)–C–C–N with tert-alkyl or cyclic N) is 1. The normalized spacial score (nSPS) is 20.4. The fourth-order valence-corrected chi connectivity index (χ4v) is 5.11. The summed E-state index contributed by atoms with van der Waals surface area (Å²) in [6.07, 6.45) is 4.28. The number of aliphatic hydroxyl groups is 1. The lowest BCUT2D eigenvalue weighted by molar-refractivity contribution is -0.658. The third-order valence-electron chi connectivity index (χ3n) is 6.86. The van der Waals surface area contributed by atoms with Crippen molar-refractivity contribution in [2.45, 2.75) is 31.4 Å². The first-order valence-corrected chi connectivity index (χ1v) is 11.7. The molecule has 5 nitrogen and oxygen atoms in total. The number of amidine groups is 1. The van der Waals surface area contributed by atoms with E-state index >= 15 is 0 Å². The van der Waals surface area contributed by atoms with E-state index in [0.717, 1.165) is 66.4 Å². The molecule has 0 saturated carbocycles. The van der Waals surface area contributed by atoms with Crippen LogP contribution in [0.5, 0.6) is 11.5 Å². The topological polar surface area (TPSA) is 44.9 Å². The second-order valence-electron chi connectivity index (χ2n) is 8.76. The van der Waals surface area contributed by atoms with Crippen LogP contribution in [0.15, 0.2) is 72.8 Å². The molecule has 0 bridgehead atoms. The SMILES string of the molecule is COc1ccc(N2CC(O)(c3ccc(-c4ccccc4)cc3)[N+]3=C2CCCCC3)c(OC)c1. The van der Waals surface area contributed by atoms with Gasteiger partial charge in [-0.1, -0.05) is 54.6 Å². The van der Waals surface area contributed by atoms with Gasteiger partial charge in [0.1, 0.15) is 5.75 Å². The summed E-state index contributed by atoms with van der Waals surface area (Å²) < 4.78 is 13.3. The fourth-order valence-electron chi connectivity index (χ4n) is 5.11. The molecule has 0 spiro atoms. The predicted molar refractivity (Wildman–Crippen MR) is 131 cm³/mol. The molecular formula is C28H31N2O3+. The number of ether oxygens (including phenoxy) is 2. The number of hydrogen-bond acceptors (Lipinski definition) is 4. The van der Waals surface area contributed by atoms with Crippen molar-refractivity contribution in [1.29, 1.82) is 0 Å². The van der Waals surface area contributed by atoms with Crippen LogP contribution >= 0.6 is 0 Å². The minimum Gasteiger partial charge on any atom is -0.497 e. The zero-order valence-electron chi connectivity index (χ0n) is 19.3. The summed E-state index contributed by atoms with van der Waals surface area (Å²) in [5.41, 5.74) is 3.09.